The molecule has 1 atom stereocenters. The van der Waals surface area contributed by atoms with Crippen molar-refractivity contribution in [2.75, 3.05) is 33.0 Å². The molecular formula is C14H44O4. The SMILES string of the molecule is C.C.C.C.C.C.C.CC(COCCO)OCCO. The number of hydrogen-bond donors (Lipinski definition) is 2. The van der Waals surface area contributed by atoms with Crippen LogP contribution in [0, 0.1) is 0 Å². The molecule has 0 fully saturated rings. The van der Waals surface area contributed by atoms with Crippen molar-refractivity contribution in [1.82, 2.24) is 0 Å². The molecule has 0 spiro atoms. The summed E-state index contributed by atoms with van der Waals surface area (Å²) >= 11 is 0. The van der Waals surface area contributed by atoms with E-state index in [-0.39, 0.29) is 71.3 Å². The second-order valence-corrected chi connectivity index (χ2v) is 2.20. The highest BCUT2D eigenvalue weighted by Crippen LogP contribution is 1.90. The van der Waals surface area contributed by atoms with Crippen LogP contribution in [0.3, 0.4) is 0 Å². The maximum atomic E-state index is 8.38. The van der Waals surface area contributed by atoms with Crippen LogP contribution in [0.1, 0.15) is 58.9 Å². The van der Waals surface area contributed by atoms with Gasteiger partial charge in [0, 0.05) is 0 Å². The van der Waals surface area contributed by atoms with Gasteiger partial charge in [-0.15, -0.1) is 0 Å². The van der Waals surface area contributed by atoms with E-state index < -0.39 is 0 Å². The van der Waals surface area contributed by atoms with Crippen molar-refractivity contribution in [2.45, 2.75) is 65.0 Å². The van der Waals surface area contributed by atoms with Crippen LogP contribution in [0.15, 0.2) is 0 Å². The normalized spacial score (nSPS) is 8.17. The van der Waals surface area contributed by atoms with Gasteiger partial charge in [0.1, 0.15) is 0 Å². The summed E-state index contributed by atoms with van der Waals surface area (Å²) in [5.41, 5.74) is 0. The van der Waals surface area contributed by atoms with E-state index in [1.807, 2.05) is 6.92 Å². The minimum absolute atomic E-state index is 0. The Morgan fingerprint density at radius 1 is 0.778 bits per heavy atom. The van der Waals surface area contributed by atoms with E-state index in [2.05, 4.69) is 0 Å². The van der Waals surface area contributed by atoms with Crippen LogP contribution >= 0.6 is 0 Å². The Kier molecular flexibility index (Phi) is 127. The fraction of sp³-hybridized carbons (Fsp3) is 1.00. The van der Waals surface area contributed by atoms with Crippen LogP contribution in [-0.4, -0.2) is 49.4 Å². The largest absolute Gasteiger partial charge is 0.394 e. The Morgan fingerprint density at radius 2 is 1.17 bits per heavy atom. The molecule has 0 aromatic rings. The van der Waals surface area contributed by atoms with E-state index >= 15 is 0 Å². The standard InChI is InChI=1S/C7H16O4.7CH4/c1-7(11-5-3-9)6-10-4-2-8;;;;;;;/h7-9H,2-6H2,1H3;7*1H4. The molecule has 1 unspecified atom stereocenters. The average Bonchev–Trinajstić information content (AvgIpc) is 2.01. The first-order valence-electron chi connectivity index (χ1n) is 3.72. The van der Waals surface area contributed by atoms with Crippen LogP contribution in [0.4, 0.5) is 0 Å². The fourth-order valence-corrected chi connectivity index (χ4v) is 0.616. The van der Waals surface area contributed by atoms with E-state index in [1.54, 1.807) is 0 Å². The Hall–Kier alpha value is -0.160. The van der Waals surface area contributed by atoms with Crippen molar-refractivity contribution in [1.29, 1.82) is 0 Å². The lowest BCUT2D eigenvalue weighted by Gasteiger charge is -2.11. The molecule has 0 heterocycles. The average molecular weight is 277 g/mol. The molecule has 0 saturated carbocycles. The third-order valence-electron chi connectivity index (χ3n) is 1.08. The fourth-order valence-electron chi connectivity index (χ4n) is 0.616. The van der Waals surface area contributed by atoms with Gasteiger partial charge in [0.25, 0.3) is 0 Å². The zero-order valence-corrected chi connectivity index (χ0v) is 6.82. The molecule has 0 saturated heterocycles. The number of hydrogen-bond acceptors (Lipinski definition) is 4. The van der Waals surface area contributed by atoms with E-state index in [0.717, 1.165) is 0 Å². The summed E-state index contributed by atoms with van der Waals surface area (Å²) in [4.78, 5) is 0. The van der Waals surface area contributed by atoms with Gasteiger partial charge in [0.2, 0.25) is 0 Å². The molecule has 0 radical (unpaired) electrons. The maximum absolute atomic E-state index is 8.38. The Labute approximate surface area is 118 Å². The van der Waals surface area contributed by atoms with Crippen LogP contribution in [0.25, 0.3) is 0 Å². The van der Waals surface area contributed by atoms with Crippen LogP contribution < -0.4 is 0 Å². The van der Waals surface area contributed by atoms with Crippen molar-refractivity contribution in [3.63, 3.8) is 0 Å². The van der Waals surface area contributed by atoms with E-state index in [0.29, 0.717) is 19.8 Å². The van der Waals surface area contributed by atoms with Crippen molar-refractivity contribution in [3.05, 3.63) is 0 Å². The molecule has 18 heavy (non-hydrogen) atoms. The topological polar surface area (TPSA) is 58.9 Å². The maximum Gasteiger partial charge on any atom is 0.0781 e. The molecule has 0 aliphatic heterocycles. The highest BCUT2D eigenvalue weighted by molar-refractivity contribution is 4.46. The van der Waals surface area contributed by atoms with Crippen LogP contribution in [-0.2, 0) is 9.47 Å². The molecule has 4 heteroatoms. The number of ether oxygens (including phenoxy) is 2. The first-order chi connectivity index (χ1) is 5.31. The van der Waals surface area contributed by atoms with Crippen LogP contribution in [0.5, 0.6) is 0 Å². The lowest BCUT2D eigenvalue weighted by atomic mass is 10.4. The molecule has 0 aliphatic carbocycles. The molecule has 0 aromatic heterocycles. The molecule has 0 aromatic carbocycles. The van der Waals surface area contributed by atoms with Gasteiger partial charge in [0.15, 0.2) is 0 Å². The second-order valence-electron chi connectivity index (χ2n) is 2.20. The van der Waals surface area contributed by atoms with E-state index in [4.69, 9.17) is 19.7 Å². The monoisotopic (exact) mass is 276 g/mol. The first-order valence-corrected chi connectivity index (χ1v) is 3.72. The van der Waals surface area contributed by atoms with Gasteiger partial charge in [-0.3, -0.25) is 0 Å². The van der Waals surface area contributed by atoms with Gasteiger partial charge in [-0.25, -0.2) is 0 Å². The van der Waals surface area contributed by atoms with E-state index in [1.165, 1.54) is 0 Å². The van der Waals surface area contributed by atoms with Gasteiger partial charge in [-0.05, 0) is 6.92 Å². The van der Waals surface area contributed by atoms with Gasteiger partial charge in [-0.2, -0.15) is 0 Å². The Morgan fingerprint density at radius 3 is 1.50 bits per heavy atom. The third kappa shape index (κ3) is 44.6. The summed E-state index contributed by atoms with van der Waals surface area (Å²) in [5, 5.41) is 16.7. The Balaban J connectivity index is -0.0000000238. The molecule has 124 valence electrons. The highest BCUT2D eigenvalue weighted by atomic mass is 16.5. The Bertz CT molecular complexity index is 80.2. The van der Waals surface area contributed by atoms with Crippen molar-refractivity contribution >= 4 is 0 Å². The zero-order valence-electron chi connectivity index (χ0n) is 6.82. The summed E-state index contributed by atoms with van der Waals surface area (Å²) in [5.74, 6) is 0. The summed E-state index contributed by atoms with van der Waals surface area (Å²) in [6.45, 7) is 3.06. The molecule has 2 N–H and O–H groups in total. The summed E-state index contributed by atoms with van der Waals surface area (Å²) in [6, 6.07) is 0. The minimum atomic E-state index is -0.0197. The summed E-state index contributed by atoms with van der Waals surface area (Å²) < 4.78 is 10.1. The smallest absolute Gasteiger partial charge is 0.0781 e. The predicted molar refractivity (Wildman–Crippen MR) is 87.5 cm³/mol. The number of aliphatic hydroxyl groups excluding tert-OH is 2. The minimum Gasteiger partial charge on any atom is -0.394 e. The highest BCUT2D eigenvalue weighted by Gasteiger charge is 2.00. The van der Waals surface area contributed by atoms with Crippen molar-refractivity contribution < 1.29 is 19.7 Å². The van der Waals surface area contributed by atoms with Crippen molar-refractivity contribution in [2.24, 2.45) is 0 Å². The first kappa shape index (κ1) is 52.3. The predicted octanol–water partition coefficient (Wildman–Crippen LogP) is 3.85. The van der Waals surface area contributed by atoms with Gasteiger partial charge in [0.05, 0.1) is 39.1 Å². The van der Waals surface area contributed by atoms with Crippen molar-refractivity contribution in [3.8, 4) is 0 Å². The third-order valence-corrected chi connectivity index (χ3v) is 1.08. The molecule has 0 aliphatic rings. The molecule has 0 rings (SSSR count). The van der Waals surface area contributed by atoms with Gasteiger partial charge >= 0.3 is 0 Å². The molecule has 0 amide bonds. The van der Waals surface area contributed by atoms with E-state index in [9.17, 15) is 0 Å². The molecule has 4 nitrogen and oxygen atoms in total. The lowest BCUT2D eigenvalue weighted by Crippen LogP contribution is -2.18. The van der Waals surface area contributed by atoms with Gasteiger partial charge in [-0.1, -0.05) is 52.0 Å². The summed E-state index contributed by atoms with van der Waals surface area (Å²) in [7, 11) is 0. The quantitative estimate of drug-likeness (QED) is 0.694. The van der Waals surface area contributed by atoms with Crippen LogP contribution in [0.2, 0.25) is 0 Å². The summed E-state index contributed by atoms with van der Waals surface area (Å²) in [6.07, 6.45) is -0.0197. The number of rotatable bonds is 7. The molecule has 0 bridgehead atoms. The zero-order chi connectivity index (χ0) is 8.53. The number of aliphatic hydroxyl groups is 2. The van der Waals surface area contributed by atoms with Gasteiger partial charge < -0.3 is 19.7 Å². The lowest BCUT2D eigenvalue weighted by molar-refractivity contribution is -0.0246. The molecular weight excluding hydrogens is 232 g/mol. The second kappa shape index (κ2) is 43.6.